The van der Waals surface area contributed by atoms with Crippen LogP contribution in [0, 0.1) is 5.41 Å². The molecule has 0 aliphatic carbocycles. The maximum Gasteiger partial charge on any atom is 0.232 e. The fraction of sp³-hybridized carbons (Fsp3) is 0.750. The van der Waals surface area contributed by atoms with Crippen LogP contribution in [0.1, 0.15) is 20.3 Å². The van der Waals surface area contributed by atoms with E-state index in [0.717, 1.165) is 0 Å². The van der Waals surface area contributed by atoms with Crippen LogP contribution in [0.4, 0.5) is 0 Å². The minimum Gasteiger partial charge on any atom is -0.392 e. The van der Waals surface area contributed by atoms with E-state index in [1.807, 2.05) is 0 Å². The first kappa shape index (κ1) is 15.3. The van der Waals surface area contributed by atoms with Gasteiger partial charge >= 0.3 is 0 Å². The smallest absolute Gasteiger partial charge is 0.232 e. The zero-order chi connectivity index (χ0) is 13.0. The molecule has 94 valence electrons. The fourth-order valence-corrected chi connectivity index (χ4v) is 1.45. The van der Waals surface area contributed by atoms with Crippen molar-refractivity contribution < 1.29 is 13.2 Å². The lowest BCUT2D eigenvalue weighted by molar-refractivity contribution is -0.126. The van der Waals surface area contributed by atoms with Crippen LogP contribution in [0.3, 0.4) is 0 Å². The second-order valence-electron chi connectivity index (χ2n) is 3.97. The average Bonchev–Trinajstić information content (AvgIpc) is 2.10. The van der Waals surface area contributed by atoms with Gasteiger partial charge in [0, 0.05) is 6.54 Å². The van der Waals surface area contributed by atoms with Crippen LogP contribution in [0.15, 0.2) is 0 Å². The van der Waals surface area contributed by atoms with Gasteiger partial charge in [0.2, 0.25) is 15.9 Å². The third-order valence-corrected chi connectivity index (χ3v) is 3.44. The molecule has 1 amide bonds. The summed E-state index contributed by atoms with van der Waals surface area (Å²) >= 11 is 4.75. The molecule has 0 fully saturated rings. The molecule has 0 aliphatic heterocycles. The summed E-state index contributed by atoms with van der Waals surface area (Å²) in [6, 6.07) is 0. The molecule has 0 aliphatic rings. The van der Waals surface area contributed by atoms with E-state index >= 15 is 0 Å². The maximum absolute atomic E-state index is 11.6. The molecule has 0 atom stereocenters. The minimum atomic E-state index is -3.48. The molecule has 0 unspecified atom stereocenters. The molecule has 0 aromatic rings. The average molecular weight is 267 g/mol. The zero-order valence-electron chi connectivity index (χ0n) is 9.32. The monoisotopic (exact) mass is 267 g/mol. The molecule has 0 rings (SSSR count). The topological polar surface area (TPSA) is 115 Å². The van der Waals surface area contributed by atoms with E-state index < -0.39 is 15.4 Å². The standard InChI is InChI=1S/C8H17N3O3S2/c1-8(2,6(9)15)7(12)11-4-3-5-16(10,13)14/h3-5H2,1-2H3,(H2,9,15)(H,11,12)(H2,10,13,14). The fourth-order valence-electron chi connectivity index (χ4n) is 0.808. The summed E-state index contributed by atoms with van der Waals surface area (Å²) in [5.41, 5.74) is 4.47. The molecule has 8 heteroatoms. The van der Waals surface area contributed by atoms with Gasteiger partial charge in [0.15, 0.2) is 0 Å². The van der Waals surface area contributed by atoms with E-state index in [4.69, 9.17) is 23.1 Å². The Balaban J connectivity index is 4.06. The van der Waals surface area contributed by atoms with Gasteiger partial charge in [-0.1, -0.05) is 12.2 Å². The van der Waals surface area contributed by atoms with Crippen molar-refractivity contribution in [3.05, 3.63) is 0 Å². The zero-order valence-corrected chi connectivity index (χ0v) is 11.0. The Labute approximate surface area is 101 Å². The van der Waals surface area contributed by atoms with Crippen molar-refractivity contribution in [2.24, 2.45) is 16.3 Å². The largest absolute Gasteiger partial charge is 0.392 e. The summed E-state index contributed by atoms with van der Waals surface area (Å²) in [6.45, 7) is 3.43. The van der Waals surface area contributed by atoms with Crippen LogP contribution in [-0.2, 0) is 14.8 Å². The highest BCUT2D eigenvalue weighted by atomic mass is 32.2. The highest BCUT2D eigenvalue weighted by Crippen LogP contribution is 2.14. The number of hydrogen-bond acceptors (Lipinski definition) is 4. The van der Waals surface area contributed by atoms with E-state index in [1.165, 1.54) is 0 Å². The van der Waals surface area contributed by atoms with Gasteiger partial charge in [0.1, 0.15) is 0 Å². The maximum atomic E-state index is 11.6. The van der Waals surface area contributed by atoms with Gasteiger partial charge in [-0.2, -0.15) is 0 Å². The first-order chi connectivity index (χ1) is 7.07. The number of carbonyl (C=O) groups excluding carboxylic acids is 1. The Morgan fingerprint density at radius 1 is 1.44 bits per heavy atom. The number of sulfonamides is 1. The van der Waals surface area contributed by atoms with Gasteiger partial charge < -0.3 is 11.1 Å². The molecule has 0 heterocycles. The van der Waals surface area contributed by atoms with Gasteiger partial charge in [-0.15, -0.1) is 0 Å². The van der Waals surface area contributed by atoms with Crippen LogP contribution in [0.5, 0.6) is 0 Å². The molecule has 16 heavy (non-hydrogen) atoms. The van der Waals surface area contributed by atoms with Crippen molar-refractivity contribution in [1.29, 1.82) is 0 Å². The van der Waals surface area contributed by atoms with Crippen molar-refractivity contribution in [1.82, 2.24) is 5.32 Å². The molecule has 0 saturated heterocycles. The summed E-state index contributed by atoms with van der Waals surface area (Å²) in [5, 5.41) is 7.36. The van der Waals surface area contributed by atoms with Crippen LogP contribution in [0.25, 0.3) is 0 Å². The quantitative estimate of drug-likeness (QED) is 0.426. The number of carbonyl (C=O) groups is 1. The first-order valence-corrected chi connectivity index (χ1v) is 6.78. The Morgan fingerprint density at radius 3 is 2.31 bits per heavy atom. The first-order valence-electron chi connectivity index (χ1n) is 4.66. The minimum absolute atomic E-state index is 0.0939. The number of primary sulfonamides is 1. The van der Waals surface area contributed by atoms with E-state index in [9.17, 15) is 13.2 Å². The van der Waals surface area contributed by atoms with Gasteiger partial charge in [-0.05, 0) is 20.3 Å². The number of hydrogen-bond donors (Lipinski definition) is 3. The lowest BCUT2D eigenvalue weighted by Crippen LogP contribution is -2.45. The number of nitrogens with two attached hydrogens (primary N) is 2. The van der Waals surface area contributed by atoms with Crippen molar-refractivity contribution in [2.45, 2.75) is 20.3 Å². The predicted molar refractivity (Wildman–Crippen MR) is 66.2 cm³/mol. The summed E-state index contributed by atoms with van der Waals surface area (Å²) in [5.74, 6) is -0.491. The van der Waals surface area contributed by atoms with Gasteiger partial charge in [0.05, 0.1) is 16.2 Å². The summed E-state index contributed by atoms with van der Waals surface area (Å²) < 4.78 is 21.2. The third-order valence-electron chi connectivity index (χ3n) is 2.07. The van der Waals surface area contributed by atoms with Crippen LogP contribution in [-0.4, -0.2) is 31.6 Å². The number of nitrogens with one attached hydrogen (secondary N) is 1. The Hall–Kier alpha value is -0.730. The molecular formula is C8H17N3O3S2. The summed E-state index contributed by atoms with van der Waals surface area (Å²) in [4.78, 5) is 11.7. The molecule has 6 nitrogen and oxygen atoms in total. The molecule has 0 bridgehead atoms. The Morgan fingerprint density at radius 2 is 1.94 bits per heavy atom. The van der Waals surface area contributed by atoms with Crippen LogP contribution < -0.4 is 16.2 Å². The van der Waals surface area contributed by atoms with Crippen molar-refractivity contribution in [2.75, 3.05) is 12.3 Å². The molecule has 0 radical (unpaired) electrons. The van der Waals surface area contributed by atoms with E-state index in [1.54, 1.807) is 13.8 Å². The third kappa shape index (κ3) is 5.38. The number of thiocarbonyl (C=S) groups is 1. The molecule has 0 spiro atoms. The number of rotatable bonds is 6. The second kappa shape index (κ2) is 5.55. The van der Waals surface area contributed by atoms with E-state index in [0.29, 0.717) is 0 Å². The second-order valence-corrected chi connectivity index (χ2v) is 6.14. The lowest BCUT2D eigenvalue weighted by atomic mass is 9.92. The predicted octanol–water partition coefficient (Wildman–Crippen LogP) is -0.906. The van der Waals surface area contributed by atoms with Crippen LogP contribution >= 0.6 is 12.2 Å². The van der Waals surface area contributed by atoms with E-state index in [-0.39, 0.29) is 29.6 Å². The molecule has 0 aromatic heterocycles. The normalized spacial score (nSPS) is 12.2. The van der Waals surface area contributed by atoms with Crippen molar-refractivity contribution in [3.63, 3.8) is 0 Å². The Kier molecular flexibility index (Phi) is 5.30. The molecule has 5 N–H and O–H groups in total. The van der Waals surface area contributed by atoms with Crippen LogP contribution in [0.2, 0.25) is 0 Å². The SMILES string of the molecule is CC(C)(C(=O)NCCCS(N)(=O)=O)C(N)=S. The van der Waals surface area contributed by atoms with Crippen molar-refractivity contribution in [3.8, 4) is 0 Å². The van der Waals surface area contributed by atoms with Gasteiger partial charge in [-0.25, -0.2) is 13.6 Å². The van der Waals surface area contributed by atoms with E-state index in [2.05, 4.69) is 5.32 Å². The summed E-state index contributed by atoms with van der Waals surface area (Å²) in [7, 11) is -3.48. The van der Waals surface area contributed by atoms with Gasteiger partial charge in [-0.3, -0.25) is 4.79 Å². The Bertz CT molecular complexity index is 376. The molecular weight excluding hydrogens is 250 g/mol. The van der Waals surface area contributed by atoms with Gasteiger partial charge in [0.25, 0.3) is 0 Å². The highest BCUT2D eigenvalue weighted by Gasteiger charge is 2.30. The summed E-state index contributed by atoms with van der Waals surface area (Å²) in [6.07, 6.45) is 0.262. The lowest BCUT2D eigenvalue weighted by Gasteiger charge is -2.21. The highest BCUT2D eigenvalue weighted by molar-refractivity contribution is 7.89. The molecule has 0 saturated carbocycles. The van der Waals surface area contributed by atoms with Crippen molar-refractivity contribution >= 4 is 33.1 Å². The number of amides is 1. The molecule has 0 aromatic carbocycles.